The zero-order valence-corrected chi connectivity index (χ0v) is 15.4. The molecular weight excluding hydrogens is 377 g/mol. The summed E-state index contributed by atoms with van der Waals surface area (Å²) in [4.78, 5) is 28.3. The van der Waals surface area contributed by atoms with Gasteiger partial charge in [-0.05, 0) is 24.6 Å². The predicted octanol–water partition coefficient (Wildman–Crippen LogP) is 3.98. The van der Waals surface area contributed by atoms with Gasteiger partial charge in [-0.15, -0.1) is 11.3 Å². The highest BCUT2D eigenvalue weighted by Gasteiger charge is 2.12. The first-order valence-electron chi connectivity index (χ1n) is 7.61. The van der Waals surface area contributed by atoms with Crippen molar-refractivity contribution in [1.29, 1.82) is 0 Å². The van der Waals surface area contributed by atoms with Crippen LogP contribution < -0.4 is 10.2 Å². The Labute approximate surface area is 156 Å². The highest BCUT2D eigenvalue weighted by atomic mass is 32.2. The van der Waals surface area contributed by atoms with Gasteiger partial charge in [0.2, 0.25) is 11.2 Å². The lowest BCUT2D eigenvalue weighted by molar-refractivity contribution is -0.133. The normalized spacial score (nSPS) is 10.7. The Morgan fingerprint density at radius 1 is 1.35 bits per heavy atom. The Balaban J connectivity index is 1.59. The average molecular weight is 391 g/mol. The number of benzene rings is 1. The molecule has 3 rings (SSSR count). The molecule has 0 radical (unpaired) electrons. The number of hydrogen-bond donors (Lipinski definition) is 0. The van der Waals surface area contributed by atoms with Crippen molar-refractivity contribution in [2.75, 3.05) is 0 Å². The van der Waals surface area contributed by atoms with E-state index in [1.807, 2.05) is 12.3 Å². The largest absolute Gasteiger partial charge is 0.464 e. The molecule has 0 fully saturated rings. The van der Waals surface area contributed by atoms with E-state index in [1.54, 1.807) is 0 Å². The number of esters is 1. The Morgan fingerprint density at radius 3 is 2.77 bits per heavy atom. The van der Waals surface area contributed by atoms with Gasteiger partial charge in [-0.2, -0.15) is 0 Å². The van der Waals surface area contributed by atoms with Gasteiger partial charge in [0.25, 0.3) is 0 Å². The molecule has 0 N–H and O–H groups in total. The summed E-state index contributed by atoms with van der Waals surface area (Å²) < 4.78 is 24.2. The minimum absolute atomic E-state index is 0.0687. The summed E-state index contributed by atoms with van der Waals surface area (Å²) in [6.45, 7) is 1.91. The van der Waals surface area contributed by atoms with E-state index in [-0.39, 0.29) is 18.0 Å². The third-order valence-corrected chi connectivity index (χ3v) is 5.43. The number of hydrogen-bond acceptors (Lipinski definition) is 7. The minimum Gasteiger partial charge on any atom is -0.464 e. The Morgan fingerprint density at radius 2 is 2.12 bits per heavy atom. The maximum absolute atomic E-state index is 12.9. The molecule has 8 heteroatoms. The summed E-state index contributed by atoms with van der Waals surface area (Å²) in [6.07, 6.45) is 1.06. The molecule has 0 aliphatic heterocycles. The van der Waals surface area contributed by atoms with Crippen molar-refractivity contribution in [2.24, 2.45) is 0 Å². The van der Waals surface area contributed by atoms with Crippen LogP contribution in [0.4, 0.5) is 4.39 Å². The molecule has 0 saturated heterocycles. The number of aryl methyl sites for hydroxylation is 1. The number of thiazole rings is 1. The molecule has 1 aromatic carbocycles. The van der Waals surface area contributed by atoms with Crippen molar-refractivity contribution in [1.82, 2.24) is 4.98 Å². The molecule has 134 valence electrons. The summed E-state index contributed by atoms with van der Waals surface area (Å²) in [7, 11) is 0. The summed E-state index contributed by atoms with van der Waals surface area (Å²) in [5.74, 6) is -0.262. The summed E-state index contributed by atoms with van der Waals surface area (Å²) in [6, 6.07) is 6.79. The Bertz CT molecular complexity index is 966. The number of nitrogens with zero attached hydrogens (tertiary/aromatic N) is 1. The molecule has 2 aromatic heterocycles. The van der Waals surface area contributed by atoms with Crippen LogP contribution in [0, 0.1) is 12.7 Å². The lowest BCUT2D eigenvalue weighted by Crippen LogP contribution is -2.16. The van der Waals surface area contributed by atoms with Crippen molar-refractivity contribution in [3.63, 3.8) is 0 Å². The maximum Gasteiger partial charge on any atom is 0.315 e. The Kier molecular flexibility index (Phi) is 5.85. The van der Waals surface area contributed by atoms with E-state index in [0.717, 1.165) is 16.3 Å². The fraction of sp³-hybridized carbons (Fsp3) is 0.167. The van der Waals surface area contributed by atoms with E-state index in [4.69, 9.17) is 9.15 Å². The third-order valence-electron chi connectivity index (χ3n) is 3.27. The molecule has 0 amide bonds. The van der Waals surface area contributed by atoms with E-state index >= 15 is 0 Å². The number of thioether (sulfide) groups is 1. The van der Waals surface area contributed by atoms with Crippen LogP contribution in [0.3, 0.4) is 0 Å². The van der Waals surface area contributed by atoms with Crippen molar-refractivity contribution < 1.29 is 18.3 Å². The molecule has 3 aromatic rings. The topological polar surface area (TPSA) is 69.4 Å². The molecule has 0 aliphatic rings. The highest BCUT2D eigenvalue weighted by Crippen LogP contribution is 2.25. The molecule has 0 aliphatic carbocycles. The van der Waals surface area contributed by atoms with Gasteiger partial charge in [-0.1, -0.05) is 23.9 Å². The van der Waals surface area contributed by atoms with Crippen LogP contribution in [0.2, 0.25) is 0 Å². The summed E-state index contributed by atoms with van der Waals surface area (Å²) in [5.41, 5.74) is 1.10. The van der Waals surface area contributed by atoms with Crippen LogP contribution in [-0.2, 0) is 17.0 Å². The second kappa shape index (κ2) is 8.29. The van der Waals surface area contributed by atoms with Gasteiger partial charge in [0, 0.05) is 17.1 Å². The van der Waals surface area contributed by atoms with Gasteiger partial charge in [-0.3, -0.25) is 9.59 Å². The van der Waals surface area contributed by atoms with E-state index < -0.39 is 11.4 Å². The van der Waals surface area contributed by atoms with Gasteiger partial charge in [0.1, 0.15) is 17.8 Å². The van der Waals surface area contributed by atoms with E-state index in [1.165, 1.54) is 53.4 Å². The molecule has 0 bridgehead atoms. The molecule has 2 heterocycles. The van der Waals surface area contributed by atoms with Crippen LogP contribution in [0.5, 0.6) is 5.75 Å². The lowest BCUT2D eigenvalue weighted by Gasteiger charge is -2.04. The van der Waals surface area contributed by atoms with Gasteiger partial charge in [0.15, 0.2) is 4.34 Å². The van der Waals surface area contributed by atoms with Crippen molar-refractivity contribution in [3.05, 3.63) is 75.0 Å². The average Bonchev–Trinajstić information content (AvgIpc) is 3.03. The summed E-state index contributed by atoms with van der Waals surface area (Å²) in [5, 5.41) is 1.95. The number of halogens is 1. The van der Waals surface area contributed by atoms with Crippen molar-refractivity contribution >= 4 is 29.1 Å². The second-order valence-corrected chi connectivity index (χ2v) is 7.48. The van der Waals surface area contributed by atoms with Crippen molar-refractivity contribution in [2.45, 2.75) is 23.4 Å². The van der Waals surface area contributed by atoms with Gasteiger partial charge < -0.3 is 9.15 Å². The molecule has 0 saturated carbocycles. The van der Waals surface area contributed by atoms with Crippen LogP contribution >= 0.6 is 23.1 Å². The monoisotopic (exact) mass is 391 g/mol. The fourth-order valence-corrected chi connectivity index (χ4v) is 3.79. The van der Waals surface area contributed by atoms with E-state index in [9.17, 15) is 14.0 Å². The van der Waals surface area contributed by atoms with Crippen LogP contribution in [0.25, 0.3) is 0 Å². The van der Waals surface area contributed by atoms with E-state index in [2.05, 4.69) is 4.98 Å². The Hall–Kier alpha value is -2.45. The van der Waals surface area contributed by atoms with E-state index in [0.29, 0.717) is 17.1 Å². The zero-order chi connectivity index (χ0) is 18.5. The molecule has 0 atom stereocenters. The fourth-order valence-electron chi connectivity index (χ4n) is 2.05. The van der Waals surface area contributed by atoms with Gasteiger partial charge >= 0.3 is 5.97 Å². The number of carbonyl (C=O) groups is 1. The smallest absolute Gasteiger partial charge is 0.315 e. The van der Waals surface area contributed by atoms with Crippen LogP contribution in [-0.4, -0.2) is 11.0 Å². The SMILES string of the molecule is Cc1csc(SCc2cc(=O)c(OC(=O)Cc3ccc(F)cc3)co2)n1. The van der Waals surface area contributed by atoms with Gasteiger partial charge in [-0.25, -0.2) is 9.37 Å². The molecule has 5 nitrogen and oxygen atoms in total. The summed E-state index contributed by atoms with van der Waals surface area (Å²) >= 11 is 2.99. The number of aromatic nitrogens is 1. The second-order valence-electron chi connectivity index (χ2n) is 5.40. The molecule has 0 unspecified atom stereocenters. The van der Waals surface area contributed by atoms with Crippen molar-refractivity contribution in [3.8, 4) is 5.75 Å². The minimum atomic E-state index is -0.621. The first-order chi connectivity index (χ1) is 12.5. The first-order valence-corrected chi connectivity index (χ1v) is 9.48. The van der Waals surface area contributed by atoms with Crippen LogP contribution in [0.15, 0.2) is 55.5 Å². The predicted molar refractivity (Wildman–Crippen MR) is 97.1 cm³/mol. The highest BCUT2D eigenvalue weighted by molar-refractivity contribution is 8.00. The zero-order valence-electron chi connectivity index (χ0n) is 13.7. The third kappa shape index (κ3) is 5.03. The number of carbonyl (C=O) groups excluding carboxylic acids is 1. The standard InChI is InChI=1S/C18H14FNO4S2/c1-11-9-25-18(20-11)26-10-14-7-15(21)16(8-23-14)24-17(22)6-12-2-4-13(19)5-3-12/h2-5,7-9H,6,10H2,1H3. The first kappa shape index (κ1) is 18.3. The molecule has 26 heavy (non-hydrogen) atoms. The molecular formula is C18H14FNO4S2. The number of rotatable bonds is 6. The maximum atomic E-state index is 12.9. The quantitative estimate of drug-likeness (QED) is 0.468. The molecule has 0 spiro atoms. The van der Waals surface area contributed by atoms with Crippen LogP contribution in [0.1, 0.15) is 17.0 Å². The van der Waals surface area contributed by atoms with Gasteiger partial charge in [0.05, 0.1) is 12.2 Å². The lowest BCUT2D eigenvalue weighted by atomic mass is 10.1. The number of ether oxygens (including phenoxy) is 1.